The number of amides is 1. The van der Waals surface area contributed by atoms with Crippen LogP contribution in [0.25, 0.3) is 0 Å². The van der Waals surface area contributed by atoms with Crippen LogP contribution in [0.15, 0.2) is 12.1 Å². The number of carbonyl (C=O) groups excluding carboxylic acids is 1. The second-order valence-corrected chi connectivity index (χ2v) is 5.05. The van der Waals surface area contributed by atoms with Gasteiger partial charge in [-0.1, -0.05) is 13.8 Å². The normalized spacial score (nSPS) is 11.2. The zero-order chi connectivity index (χ0) is 15.5. The van der Waals surface area contributed by atoms with Gasteiger partial charge in [0.1, 0.15) is 5.56 Å². The lowest BCUT2D eigenvalue weighted by molar-refractivity contribution is -0.385. The van der Waals surface area contributed by atoms with Crippen LogP contribution < -0.4 is 5.32 Å². The quantitative estimate of drug-likeness (QED) is 0.636. The third-order valence-corrected chi connectivity index (χ3v) is 2.64. The highest BCUT2D eigenvalue weighted by Crippen LogP contribution is 2.22. The minimum Gasteiger partial charge on any atom is -0.396 e. The maximum Gasteiger partial charge on any atom is 0.285 e. The summed E-state index contributed by atoms with van der Waals surface area (Å²) in [6.07, 6.45) is 0. The third kappa shape index (κ3) is 3.70. The number of benzene rings is 1. The van der Waals surface area contributed by atoms with Gasteiger partial charge >= 0.3 is 0 Å². The van der Waals surface area contributed by atoms with E-state index in [1.807, 2.05) is 0 Å². The molecular weight excluding hydrogens is 274 g/mol. The molecule has 0 aliphatic rings. The topological polar surface area (TPSA) is 92.5 Å². The van der Waals surface area contributed by atoms with Crippen molar-refractivity contribution in [3.63, 3.8) is 0 Å². The summed E-state index contributed by atoms with van der Waals surface area (Å²) < 4.78 is 26.1. The molecule has 0 fully saturated rings. The Hall–Kier alpha value is -2.09. The average Bonchev–Trinajstić information content (AvgIpc) is 2.38. The Balaban J connectivity index is 3.04. The molecule has 0 bridgehead atoms. The maximum absolute atomic E-state index is 13.1. The van der Waals surface area contributed by atoms with Gasteiger partial charge in [0.05, 0.1) is 11.0 Å². The van der Waals surface area contributed by atoms with E-state index in [0.29, 0.717) is 12.1 Å². The summed E-state index contributed by atoms with van der Waals surface area (Å²) in [6, 6.07) is 0.843. The number of rotatable bonds is 5. The van der Waals surface area contributed by atoms with Crippen molar-refractivity contribution in [1.82, 2.24) is 5.32 Å². The number of nitrogens with one attached hydrogen (secondary N) is 1. The Kier molecular flexibility index (Phi) is 4.72. The summed E-state index contributed by atoms with van der Waals surface area (Å²) in [5.74, 6) is -3.65. The van der Waals surface area contributed by atoms with Crippen molar-refractivity contribution in [2.45, 2.75) is 13.8 Å². The highest BCUT2D eigenvalue weighted by molar-refractivity contribution is 5.98. The molecule has 1 rings (SSSR count). The molecule has 20 heavy (non-hydrogen) atoms. The number of halogens is 2. The van der Waals surface area contributed by atoms with E-state index < -0.39 is 39.1 Å². The number of nitro benzene ring substituents is 1. The Bertz CT molecular complexity index is 547. The third-order valence-electron chi connectivity index (χ3n) is 2.64. The van der Waals surface area contributed by atoms with E-state index in [2.05, 4.69) is 5.32 Å². The van der Waals surface area contributed by atoms with Gasteiger partial charge in [-0.15, -0.1) is 0 Å². The molecule has 0 saturated carbocycles. The summed E-state index contributed by atoms with van der Waals surface area (Å²) in [5.41, 5.74) is -2.02. The van der Waals surface area contributed by atoms with Crippen LogP contribution in [0.1, 0.15) is 24.2 Å². The van der Waals surface area contributed by atoms with Gasteiger partial charge in [0.15, 0.2) is 11.6 Å². The molecule has 0 unspecified atom stereocenters. The Labute approximate surface area is 113 Å². The fourth-order valence-corrected chi connectivity index (χ4v) is 1.34. The molecule has 0 spiro atoms. The van der Waals surface area contributed by atoms with Gasteiger partial charge in [0, 0.05) is 18.6 Å². The van der Waals surface area contributed by atoms with Crippen LogP contribution in [0.5, 0.6) is 0 Å². The maximum atomic E-state index is 13.1. The van der Waals surface area contributed by atoms with Crippen molar-refractivity contribution in [3.05, 3.63) is 39.4 Å². The van der Waals surface area contributed by atoms with Gasteiger partial charge in [-0.2, -0.15) is 0 Å². The van der Waals surface area contributed by atoms with Crippen LogP contribution in [0.4, 0.5) is 14.5 Å². The molecule has 0 heterocycles. The van der Waals surface area contributed by atoms with Crippen LogP contribution in [-0.4, -0.2) is 29.1 Å². The molecule has 0 saturated heterocycles. The van der Waals surface area contributed by atoms with Crippen molar-refractivity contribution >= 4 is 11.6 Å². The van der Waals surface area contributed by atoms with Crippen molar-refractivity contribution < 1.29 is 23.6 Å². The fraction of sp³-hybridized carbons (Fsp3) is 0.417. The molecule has 0 aliphatic heterocycles. The predicted molar refractivity (Wildman–Crippen MR) is 66.2 cm³/mol. The first-order valence-electron chi connectivity index (χ1n) is 5.70. The van der Waals surface area contributed by atoms with E-state index in [9.17, 15) is 23.7 Å². The molecule has 2 N–H and O–H groups in total. The molecule has 0 atom stereocenters. The number of nitrogens with zero attached hydrogens (tertiary/aromatic N) is 1. The van der Waals surface area contributed by atoms with Crippen LogP contribution in [0.3, 0.4) is 0 Å². The van der Waals surface area contributed by atoms with Crippen molar-refractivity contribution in [2.24, 2.45) is 5.41 Å². The molecule has 0 aromatic heterocycles. The summed E-state index contributed by atoms with van der Waals surface area (Å²) in [5, 5.41) is 22.1. The van der Waals surface area contributed by atoms with E-state index in [-0.39, 0.29) is 13.2 Å². The van der Waals surface area contributed by atoms with E-state index in [4.69, 9.17) is 5.11 Å². The molecule has 110 valence electrons. The van der Waals surface area contributed by atoms with E-state index in [0.717, 1.165) is 0 Å². The monoisotopic (exact) mass is 288 g/mol. The second kappa shape index (κ2) is 5.91. The summed E-state index contributed by atoms with van der Waals surface area (Å²) in [4.78, 5) is 21.6. The van der Waals surface area contributed by atoms with Crippen molar-refractivity contribution in [2.75, 3.05) is 13.2 Å². The summed E-state index contributed by atoms with van der Waals surface area (Å²) in [7, 11) is 0. The number of aliphatic hydroxyl groups is 1. The first-order chi connectivity index (χ1) is 9.18. The average molecular weight is 288 g/mol. The standard InChI is InChI=1S/C12H14F2N2O4/c1-12(2,6-17)5-15-11(18)7-3-8(13)9(14)4-10(7)16(19)20/h3-4,17H,5-6H2,1-2H3,(H,15,18). The Morgan fingerprint density at radius 3 is 2.45 bits per heavy atom. The lowest BCUT2D eigenvalue weighted by Gasteiger charge is -2.21. The fourth-order valence-electron chi connectivity index (χ4n) is 1.34. The van der Waals surface area contributed by atoms with Crippen molar-refractivity contribution in [1.29, 1.82) is 0 Å². The summed E-state index contributed by atoms with van der Waals surface area (Å²) >= 11 is 0. The number of carbonyl (C=O) groups is 1. The molecule has 1 aromatic carbocycles. The first-order valence-corrected chi connectivity index (χ1v) is 5.70. The van der Waals surface area contributed by atoms with Gasteiger partial charge < -0.3 is 10.4 Å². The SMILES string of the molecule is CC(C)(CO)CNC(=O)c1cc(F)c(F)cc1[N+](=O)[O-]. The number of hydrogen-bond donors (Lipinski definition) is 2. The predicted octanol–water partition coefficient (Wildman–Crippen LogP) is 1.62. The Morgan fingerprint density at radius 1 is 1.40 bits per heavy atom. The first kappa shape index (κ1) is 16.0. The second-order valence-electron chi connectivity index (χ2n) is 5.05. The van der Waals surface area contributed by atoms with E-state index in [1.54, 1.807) is 13.8 Å². The van der Waals surface area contributed by atoms with Gasteiger partial charge in [-0.05, 0) is 6.07 Å². The number of hydrogen-bond acceptors (Lipinski definition) is 4. The molecule has 0 radical (unpaired) electrons. The van der Waals surface area contributed by atoms with E-state index >= 15 is 0 Å². The summed E-state index contributed by atoms with van der Waals surface area (Å²) in [6.45, 7) is 3.13. The lowest BCUT2D eigenvalue weighted by atomic mass is 9.95. The van der Waals surface area contributed by atoms with Crippen LogP contribution in [0, 0.1) is 27.2 Å². The minimum atomic E-state index is -1.40. The van der Waals surface area contributed by atoms with Gasteiger partial charge in [0.2, 0.25) is 0 Å². The highest BCUT2D eigenvalue weighted by atomic mass is 19.2. The molecule has 1 aromatic rings. The van der Waals surface area contributed by atoms with E-state index in [1.165, 1.54) is 0 Å². The molecule has 8 heteroatoms. The van der Waals surface area contributed by atoms with Gasteiger partial charge in [-0.3, -0.25) is 14.9 Å². The highest BCUT2D eigenvalue weighted by Gasteiger charge is 2.25. The molecule has 6 nitrogen and oxygen atoms in total. The Morgan fingerprint density at radius 2 is 1.95 bits per heavy atom. The zero-order valence-corrected chi connectivity index (χ0v) is 10.9. The van der Waals surface area contributed by atoms with Crippen LogP contribution in [-0.2, 0) is 0 Å². The van der Waals surface area contributed by atoms with Crippen LogP contribution >= 0.6 is 0 Å². The van der Waals surface area contributed by atoms with Crippen LogP contribution in [0.2, 0.25) is 0 Å². The number of nitro groups is 1. The molecule has 0 aliphatic carbocycles. The number of aliphatic hydroxyl groups excluding tert-OH is 1. The van der Waals surface area contributed by atoms with Crippen molar-refractivity contribution in [3.8, 4) is 0 Å². The van der Waals surface area contributed by atoms with Gasteiger partial charge in [0.25, 0.3) is 11.6 Å². The van der Waals surface area contributed by atoms with Gasteiger partial charge in [-0.25, -0.2) is 8.78 Å². The largest absolute Gasteiger partial charge is 0.396 e. The molecular formula is C12H14F2N2O4. The smallest absolute Gasteiger partial charge is 0.285 e. The minimum absolute atomic E-state index is 0.0263. The lowest BCUT2D eigenvalue weighted by Crippen LogP contribution is -2.36. The zero-order valence-electron chi connectivity index (χ0n) is 10.9. The molecule has 1 amide bonds.